The predicted molar refractivity (Wildman–Crippen MR) is 106 cm³/mol. The predicted octanol–water partition coefficient (Wildman–Crippen LogP) is 5.06. The largest absolute Gasteiger partial charge is 0.466 e. The molecule has 1 saturated heterocycles. The molecule has 0 aromatic heterocycles. The Morgan fingerprint density at radius 1 is 1.12 bits per heavy atom. The van der Waals surface area contributed by atoms with Crippen LogP contribution in [0.5, 0.6) is 0 Å². The summed E-state index contributed by atoms with van der Waals surface area (Å²) >= 11 is 18.9. The SMILES string of the molecule is CCOC(=O)C1CN(Cc2ccccc2Cl)N(c2cc(Cl)ccc2Cl)C1. The van der Waals surface area contributed by atoms with Crippen molar-refractivity contribution in [1.29, 1.82) is 0 Å². The van der Waals surface area contributed by atoms with E-state index in [1.165, 1.54) is 0 Å². The zero-order chi connectivity index (χ0) is 18.7. The first-order valence-electron chi connectivity index (χ1n) is 8.37. The van der Waals surface area contributed by atoms with Gasteiger partial charge in [-0.3, -0.25) is 4.79 Å². The third-order valence-electron chi connectivity index (χ3n) is 4.28. The van der Waals surface area contributed by atoms with Crippen LogP contribution < -0.4 is 5.01 Å². The minimum Gasteiger partial charge on any atom is -0.466 e. The van der Waals surface area contributed by atoms with E-state index in [1.807, 2.05) is 29.3 Å². The van der Waals surface area contributed by atoms with Crippen LogP contribution >= 0.6 is 34.8 Å². The summed E-state index contributed by atoms with van der Waals surface area (Å²) in [4.78, 5) is 12.3. The standard InChI is InChI=1S/C19H19Cl3N2O2/c1-2-26-19(25)14-11-23(10-13-5-3-4-6-16(13)21)24(12-14)18-9-15(20)7-8-17(18)22/h3-9,14H,2,10-12H2,1H3. The molecular weight excluding hydrogens is 395 g/mol. The molecule has 1 unspecified atom stereocenters. The van der Waals surface area contributed by atoms with Gasteiger partial charge in [0.2, 0.25) is 0 Å². The number of rotatable bonds is 5. The first-order valence-corrected chi connectivity index (χ1v) is 9.50. The van der Waals surface area contributed by atoms with Gasteiger partial charge in [0.25, 0.3) is 0 Å². The molecule has 3 rings (SSSR count). The first-order chi connectivity index (χ1) is 12.5. The van der Waals surface area contributed by atoms with Gasteiger partial charge in [-0.1, -0.05) is 53.0 Å². The van der Waals surface area contributed by atoms with Gasteiger partial charge in [-0.15, -0.1) is 0 Å². The van der Waals surface area contributed by atoms with E-state index < -0.39 is 0 Å². The number of benzene rings is 2. The molecule has 7 heteroatoms. The van der Waals surface area contributed by atoms with Gasteiger partial charge in [-0.05, 0) is 36.8 Å². The lowest BCUT2D eigenvalue weighted by Crippen LogP contribution is -2.36. The maximum absolute atomic E-state index is 12.3. The van der Waals surface area contributed by atoms with Crippen molar-refractivity contribution in [1.82, 2.24) is 5.01 Å². The Hall–Kier alpha value is -1.46. The molecule has 2 aromatic carbocycles. The number of hydrogen-bond acceptors (Lipinski definition) is 4. The van der Waals surface area contributed by atoms with Crippen molar-refractivity contribution >= 4 is 46.5 Å². The maximum Gasteiger partial charge on any atom is 0.312 e. The summed E-state index contributed by atoms with van der Waals surface area (Å²) < 4.78 is 5.21. The monoisotopic (exact) mass is 412 g/mol. The molecule has 1 aliphatic heterocycles. The second kappa shape index (κ2) is 8.49. The van der Waals surface area contributed by atoms with E-state index in [0.29, 0.717) is 41.3 Å². The van der Waals surface area contributed by atoms with Crippen LogP contribution in [0.15, 0.2) is 42.5 Å². The molecule has 0 N–H and O–H groups in total. The van der Waals surface area contributed by atoms with Gasteiger partial charge < -0.3 is 9.75 Å². The number of carbonyl (C=O) groups excluding carboxylic acids is 1. The lowest BCUT2D eigenvalue weighted by molar-refractivity contribution is -0.147. The molecule has 0 spiro atoms. The summed E-state index contributed by atoms with van der Waals surface area (Å²) in [6.45, 7) is 3.71. The Labute approximate surface area is 168 Å². The van der Waals surface area contributed by atoms with Crippen molar-refractivity contribution in [3.63, 3.8) is 0 Å². The van der Waals surface area contributed by atoms with Gasteiger partial charge in [0.15, 0.2) is 0 Å². The summed E-state index contributed by atoms with van der Waals surface area (Å²) in [5, 5.41) is 5.88. The molecule has 138 valence electrons. The minimum absolute atomic E-state index is 0.211. The van der Waals surface area contributed by atoms with E-state index in [2.05, 4.69) is 5.01 Å². The van der Waals surface area contributed by atoms with Crippen LogP contribution in [0.2, 0.25) is 15.1 Å². The molecule has 0 bridgehead atoms. The highest BCUT2D eigenvalue weighted by atomic mass is 35.5. The van der Waals surface area contributed by atoms with Crippen molar-refractivity contribution in [2.45, 2.75) is 13.5 Å². The van der Waals surface area contributed by atoms with Gasteiger partial charge in [0.1, 0.15) is 0 Å². The average molecular weight is 414 g/mol. The van der Waals surface area contributed by atoms with Crippen molar-refractivity contribution in [3.05, 3.63) is 63.1 Å². The first kappa shape index (κ1) is 19.3. The zero-order valence-electron chi connectivity index (χ0n) is 14.3. The lowest BCUT2D eigenvalue weighted by Gasteiger charge is -2.30. The van der Waals surface area contributed by atoms with Gasteiger partial charge >= 0.3 is 5.97 Å². The van der Waals surface area contributed by atoms with Crippen molar-refractivity contribution in [2.75, 3.05) is 24.7 Å². The molecule has 0 radical (unpaired) electrons. The van der Waals surface area contributed by atoms with Crippen LogP contribution in [0.4, 0.5) is 5.69 Å². The van der Waals surface area contributed by atoms with E-state index in [-0.39, 0.29) is 11.9 Å². The number of hydrazine groups is 1. The second-order valence-corrected chi connectivity index (χ2v) is 7.32. The molecule has 1 aliphatic rings. The number of anilines is 1. The van der Waals surface area contributed by atoms with E-state index in [9.17, 15) is 4.79 Å². The van der Waals surface area contributed by atoms with Crippen LogP contribution in [0, 0.1) is 5.92 Å². The van der Waals surface area contributed by atoms with E-state index in [1.54, 1.807) is 25.1 Å². The third-order valence-corrected chi connectivity index (χ3v) is 5.21. The van der Waals surface area contributed by atoms with Crippen LogP contribution in [0.25, 0.3) is 0 Å². The topological polar surface area (TPSA) is 32.8 Å². The Balaban J connectivity index is 1.91. The summed E-state index contributed by atoms with van der Waals surface area (Å²) in [6, 6.07) is 13.0. The van der Waals surface area contributed by atoms with Crippen LogP contribution in [0.1, 0.15) is 12.5 Å². The fourth-order valence-electron chi connectivity index (χ4n) is 3.05. The van der Waals surface area contributed by atoms with E-state index in [4.69, 9.17) is 39.5 Å². The van der Waals surface area contributed by atoms with Crippen LogP contribution in [-0.2, 0) is 16.1 Å². The van der Waals surface area contributed by atoms with Crippen molar-refractivity contribution in [2.24, 2.45) is 5.92 Å². The summed E-state index contributed by atoms with van der Waals surface area (Å²) in [5.41, 5.74) is 1.74. The smallest absolute Gasteiger partial charge is 0.312 e. The number of ether oxygens (including phenoxy) is 1. The highest BCUT2D eigenvalue weighted by molar-refractivity contribution is 6.35. The maximum atomic E-state index is 12.3. The van der Waals surface area contributed by atoms with E-state index in [0.717, 1.165) is 11.3 Å². The quantitative estimate of drug-likeness (QED) is 0.641. The Kier molecular flexibility index (Phi) is 6.30. The molecule has 1 heterocycles. The Morgan fingerprint density at radius 3 is 2.62 bits per heavy atom. The number of hydrogen-bond donors (Lipinski definition) is 0. The summed E-state index contributed by atoms with van der Waals surface area (Å²) in [5.74, 6) is -0.482. The van der Waals surface area contributed by atoms with Gasteiger partial charge in [-0.25, -0.2) is 5.01 Å². The molecule has 4 nitrogen and oxygen atoms in total. The normalized spacial score (nSPS) is 17.5. The third kappa shape index (κ3) is 4.26. The van der Waals surface area contributed by atoms with Gasteiger partial charge in [-0.2, -0.15) is 0 Å². The Bertz CT molecular complexity index is 800. The fraction of sp³-hybridized carbons (Fsp3) is 0.316. The average Bonchev–Trinajstić information content (AvgIpc) is 3.03. The van der Waals surface area contributed by atoms with Crippen LogP contribution in [-0.4, -0.2) is 30.7 Å². The fourth-order valence-corrected chi connectivity index (χ4v) is 3.63. The number of halogens is 3. The Morgan fingerprint density at radius 2 is 1.88 bits per heavy atom. The molecule has 26 heavy (non-hydrogen) atoms. The van der Waals surface area contributed by atoms with Gasteiger partial charge in [0, 0.05) is 29.7 Å². The highest BCUT2D eigenvalue weighted by Gasteiger charge is 2.36. The number of esters is 1. The molecule has 0 aliphatic carbocycles. The van der Waals surface area contributed by atoms with Crippen LogP contribution in [0.3, 0.4) is 0 Å². The highest BCUT2D eigenvalue weighted by Crippen LogP contribution is 2.35. The molecular formula is C19H19Cl3N2O2. The number of carbonyl (C=O) groups is 1. The molecule has 0 saturated carbocycles. The molecule has 1 atom stereocenters. The molecule has 1 fully saturated rings. The van der Waals surface area contributed by atoms with Crippen molar-refractivity contribution < 1.29 is 9.53 Å². The second-order valence-electron chi connectivity index (χ2n) is 6.07. The number of nitrogens with zero attached hydrogens (tertiary/aromatic N) is 2. The van der Waals surface area contributed by atoms with Crippen molar-refractivity contribution in [3.8, 4) is 0 Å². The lowest BCUT2D eigenvalue weighted by atomic mass is 10.1. The van der Waals surface area contributed by atoms with E-state index >= 15 is 0 Å². The molecule has 0 amide bonds. The minimum atomic E-state index is -0.271. The zero-order valence-corrected chi connectivity index (χ0v) is 16.6. The molecule has 2 aromatic rings. The summed E-state index contributed by atoms with van der Waals surface area (Å²) in [7, 11) is 0. The summed E-state index contributed by atoms with van der Waals surface area (Å²) in [6.07, 6.45) is 0. The van der Waals surface area contributed by atoms with Gasteiger partial charge in [0.05, 0.1) is 23.2 Å².